The number of allylic oxidation sites excluding steroid dienone is 14. The Morgan fingerprint density at radius 3 is 0.854 bits per heavy atom. The van der Waals surface area contributed by atoms with E-state index in [1.807, 2.05) is 0 Å². The lowest BCUT2D eigenvalue weighted by Crippen LogP contribution is -2.30. The summed E-state index contributed by atoms with van der Waals surface area (Å²) in [6, 6.07) is 0. The molecule has 0 bridgehead atoms. The first-order valence-electron chi connectivity index (χ1n) is 37.8. The van der Waals surface area contributed by atoms with Crippen LogP contribution >= 0.6 is 15.6 Å². The van der Waals surface area contributed by atoms with Crippen molar-refractivity contribution >= 4 is 39.5 Å². The Bertz CT molecular complexity index is 2160. The molecule has 0 heterocycles. The van der Waals surface area contributed by atoms with Crippen molar-refractivity contribution in [3.63, 3.8) is 0 Å². The van der Waals surface area contributed by atoms with Crippen molar-refractivity contribution < 1.29 is 80.2 Å². The van der Waals surface area contributed by atoms with Crippen molar-refractivity contribution in [2.75, 3.05) is 39.6 Å². The molecule has 96 heavy (non-hydrogen) atoms. The van der Waals surface area contributed by atoms with E-state index in [9.17, 15) is 43.2 Å². The molecule has 0 spiro atoms. The summed E-state index contributed by atoms with van der Waals surface area (Å²) in [5.41, 5.74) is 0. The molecule has 0 rings (SSSR count). The lowest BCUT2D eigenvalue weighted by Gasteiger charge is -2.21. The third-order valence-corrected chi connectivity index (χ3v) is 17.7. The Morgan fingerprint density at radius 2 is 0.542 bits per heavy atom. The van der Waals surface area contributed by atoms with E-state index in [0.29, 0.717) is 25.7 Å². The maximum Gasteiger partial charge on any atom is 0.472 e. The molecule has 0 aromatic carbocycles. The van der Waals surface area contributed by atoms with Gasteiger partial charge in [-0.2, -0.15) is 0 Å². The number of carbonyl (C=O) groups excluding carboxylic acids is 4. The van der Waals surface area contributed by atoms with Crippen molar-refractivity contribution in [3.05, 3.63) is 85.1 Å². The molecule has 0 fully saturated rings. The summed E-state index contributed by atoms with van der Waals surface area (Å²) >= 11 is 0. The van der Waals surface area contributed by atoms with Gasteiger partial charge < -0.3 is 33.8 Å². The molecule has 0 aromatic rings. The van der Waals surface area contributed by atoms with Crippen molar-refractivity contribution in [2.45, 2.75) is 341 Å². The van der Waals surface area contributed by atoms with Crippen LogP contribution in [0.3, 0.4) is 0 Å². The number of phosphoric acid groups is 2. The highest BCUT2D eigenvalue weighted by atomic mass is 31.2. The summed E-state index contributed by atoms with van der Waals surface area (Å²) in [5.74, 6) is -2.21. The van der Waals surface area contributed by atoms with Crippen LogP contribution in [0.15, 0.2) is 85.1 Å². The summed E-state index contributed by atoms with van der Waals surface area (Å²) in [6.45, 7) is 4.67. The predicted octanol–water partition coefficient (Wildman–Crippen LogP) is 21.4. The standard InChI is InChI=1S/C77H136O17P2/c1-5-9-13-17-21-25-29-32-35-38-42-45-49-53-57-61-74(79)87-67-72(93-76(81)63-59-55-51-47-41-28-24-20-16-12-8-4)69-91-95(83,84)89-65-71(78)66-90-96(85,86)92-70-73(94-77(82)64-60-56-52-48-44-40-37-34-31-27-23-19-15-11-7-3)68-88-75(80)62-58-54-50-46-43-39-36-33-30-26-22-18-14-10-6-2/h9,13,21-23,25-27,32-37,71-73,78H,5-8,10-12,14-20,24,28-31,38-70H2,1-4H3,(H,83,84)(H,85,86)/b13-9-,25-21-,26-22-,27-23-,35-32-,36-33-,37-34-. The minimum Gasteiger partial charge on any atom is -0.462 e. The fourth-order valence-corrected chi connectivity index (χ4v) is 11.6. The molecule has 0 saturated carbocycles. The smallest absolute Gasteiger partial charge is 0.462 e. The molecule has 19 heteroatoms. The van der Waals surface area contributed by atoms with Crippen LogP contribution < -0.4 is 0 Å². The molecule has 3 N–H and O–H groups in total. The van der Waals surface area contributed by atoms with Gasteiger partial charge in [-0.05, 0) is 122 Å². The second-order valence-corrected chi connectivity index (χ2v) is 28.1. The van der Waals surface area contributed by atoms with E-state index in [-0.39, 0.29) is 25.7 Å². The zero-order chi connectivity index (χ0) is 70.4. The van der Waals surface area contributed by atoms with E-state index in [1.165, 1.54) is 77.0 Å². The Labute approximate surface area is 583 Å². The lowest BCUT2D eigenvalue weighted by molar-refractivity contribution is -0.161. The monoisotopic (exact) mass is 1390 g/mol. The Hall–Kier alpha value is -3.76. The molecule has 5 unspecified atom stereocenters. The van der Waals surface area contributed by atoms with Gasteiger partial charge in [0.2, 0.25) is 0 Å². The van der Waals surface area contributed by atoms with E-state index in [1.54, 1.807) is 0 Å². The van der Waals surface area contributed by atoms with Crippen LogP contribution in [0.5, 0.6) is 0 Å². The minimum absolute atomic E-state index is 0.0772. The van der Waals surface area contributed by atoms with Crippen LogP contribution in [-0.4, -0.2) is 96.7 Å². The van der Waals surface area contributed by atoms with E-state index in [2.05, 4.69) is 113 Å². The fraction of sp³-hybridized carbons (Fsp3) is 0.766. The van der Waals surface area contributed by atoms with Gasteiger partial charge in [0.1, 0.15) is 19.3 Å². The third kappa shape index (κ3) is 68.8. The van der Waals surface area contributed by atoms with Gasteiger partial charge in [0, 0.05) is 25.7 Å². The molecular weight excluding hydrogens is 1260 g/mol. The molecule has 0 aliphatic rings. The third-order valence-electron chi connectivity index (χ3n) is 15.8. The second kappa shape index (κ2) is 69.7. The van der Waals surface area contributed by atoms with Crippen molar-refractivity contribution in [2.24, 2.45) is 0 Å². The first kappa shape index (κ1) is 92.2. The lowest BCUT2D eigenvalue weighted by atomic mass is 10.1. The average molecular weight is 1400 g/mol. The SMILES string of the molecule is CC/C=C\C/C=C\C/C=C\CCCCCCCC(=O)OCC(COP(=O)(O)OCC(O)COP(=O)(O)OCC(COC(=O)CCCCCCC/C=C\C/C=C\CCCCC)OC(=O)CCCCCCC/C=C\C/C=C\CCCCC)OC(=O)CCCCCCCCCCCCC. The Kier molecular flexibility index (Phi) is 67.0. The van der Waals surface area contributed by atoms with E-state index < -0.39 is 97.5 Å². The van der Waals surface area contributed by atoms with Crippen LogP contribution in [-0.2, 0) is 65.4 Å². The number of aliphatic hydroxyl groups excluding tert-OH is 1. The van der Waals surface area contributed by atoms with Crippen molar-refractivity contribution in [1.29, 1.82) is 0 Å². The summed E-state index contributed by atoms with van der Waals surface area (Å²) in [7, 11) is -9.95. The van der Waals surface area contributed by atoms with Crippen molar-refractivity contribution in [3.8, 4) is 0 Å². The first-order chi connectivity index (χ1) is 46.7. The summed E-state index contributed by atoms with van der Waals surface area (Å²) in [4.78, 5) is 72.8. The number of hydrogen-bond donors (Lipinski definition) is 3. The number of esters is 4. The zero-order valence-electron chi connectivity index (χ0n) is 60.5. The highest BCUT2D eigenvalue weighted by molar-refractivity contribution is 7.47. The number of hydrogen-bond acceptors (Lipinski definition) is 15. The number of rotatable bonds is 71. The van der Waals surface area contributed by atoms with Crippen LogP contribution in [0, 0.1) is 0 Å². The quantitative estimate of drug-likeness (QED) is 0.0169. The zero-order valence-corrected chi connectivity index (χ0v) is 62.3. The van der Waals surface area contributed by atoms with Gasteiger partial charge in [-0.1, -0.05) is 260 Å². The van der Waals surface area contributed by atoms with Gasteiger partial charge >= 0.3 is 39.5 Å². The van der Waals surface area contributed by atoms with E-state index in [0.717, 1.165) is 167 Å². The number of unbranched alkanes of at least 4 members (excludes halogenated alkanes) is 31. The van der Waals surface area contributed by atoms with Crippen LogP contribution in [0.1, 0.15) is 323 Å². The maximum absolute atomic E-state index is 13.1. The average Bonchev–Trinajstić information content (AvgIpc) is 1.11. The van der Waals surface area contributed by atoms with Crippen LogP contribution in [0.2, 0.25) is 0 Å². The molecule has 0 radical (unpaired) electrons. The van der Waals surface area contributed by atoms with Gasteiger partial charge in [-0.25, -0.2) is 9.13 Å². The largest absolute Gasteiger partial charge is 0.472 e. The topological polar surface area (TPSA) is 237 Å². The Morgan fingerprint density at radius 1 is 0.302 bits per heavy atom. The maximum atomic E-state index is 13.1. The number of ether oxygens (including phenoxy) is 4. The highest BCUT2D eigenvalue weighted by Crippen LogP contribution is 2.45. The second-order valence-electron chi connectivity index (χ2n) is 25.2. The number of aliphatic hydroxyl groups is 1. The van der Waals surface area contributed by atoms with Crippen LogP contribution in [0.25, 0.3) is 0 Å². The molecule has 17 nitrogen and oxygen atoms in total. The van der Waals surface area contributed by atoms with Crippen LogP contribution in [0.4, 0.5) is 0 Å². The fourth-order valence-electron chi connectivity index (χ4n) is 10.1. The minimum atomic E-state index is -4.98. The van der Waals surface area contributed by atoms with Gasteiger partial charge in [-0.3, -0.25) is 37.3 Å². The van der Waals surface area contributed by atoms with E-state index in [4.69, 9.17) is 37.0 Å². The number of phosphoric ester groups is 2. The normalized spacial score (nSPS) is 14.4. The molecular formula is C77H136O17P2. The van der Waals surface area contributed by atoms with Gasteiger partial charge in [0.25, 0.3) is 0 Å². The molecule has 0 aliphatic carbocycles. The molecule has 5 atom stereocenters. The molecule has 0 aliphatic heterocycles. The van der Waals surface area contributed by atoms with Crippen molar-refractivity contribution in [1.82, 2.24) is 0 Å². The number of carbonyl (C=O) groups is 4. The molecule has 0 amide bonds. The summed E-state index contributed by atoms with van der Waals surface area (Å²) in [6.07, 6.45) is 70.0. The predicted molar refractivity (Wildman–Crippen MR) is 390 cm³/mol. The van der Waals surface area contributed by atoms with Gasteiger partial charge in [-0.15, -0.1) is 0 Å². The highest BCUT2D eigenvalue weighted by Gasteiger charge is 2.30. The van der Waals surface area contributed by atoms with E-state index >= 15 is 0 Å². The molecule has 0 saturated heterocycles. The summed E-state index contributed by atoms with van der Waals surface area (Å²) in [5, 5.41) is 10.6. The summed E-state index contributed by atoms with van der Waals surface area (Å²) < 4.78 is 68.4. The molecule has 556 valence electrons. The first-order valence-corrected chi connectivity index (χ1v) is 40.8. The van der Waals surface area contributed by atoms with Gasteiger partial charge in [0.05, 0.1) is 26.4 Å². The Balaban J connectivity index is 5.35. The van der Waals surface area contributed by atoms with Gasteiger partial charge in [0.15, 0.2) is 12.2 Å². The molecule has 0 aromatic heterocycles.